The molecule has 4 heterocycles. The number of pyridine rings is 2. The summed E-state index contributed by atoms with van der Waals surface area (Å²) in [7, 11) is 0. The number of carbonyl (C=O) groups is 2. The average Bonchev–Trinajstić information content (AvgIpc) is 3.13. The van der Waals surface area contributed by atoms with Crippen LogP contribution in [0.2, 0.25) is 0 Å². The number of fused-ring (bicyclic) bond motifs is 1. The molecular formula is C21H23N5O2. The van der Waals surface area contributed by atoms with Gasteiger partial charge in [-0.25, -0.2) is 4.98 Å². The Labute approximate surface area is 163 Å². The zero-order valence-electron chi connectivity index (χ0n) is 15.8. The Bertz CT molecular complexity index is 990. The first-order chi connectivity index (χ1) is 13.6. The molecular weight excluding hydrogens is 354 g/mol. The van der Waals surface area contributed by atoms with E-state index in [1.807, 2.05) is 29.2 Å². The van der Waals surface area contributed by atoms with Crippen molar-refractivity contribution >= 4 is 17.3 Å². The van der Waals surface area contributed by atoms with Gasteiger partial charge in [-0.2, -0.15) is 0 Å². The highest BCUT2D eigenvalue weighted by molar-refractivity contribution is 6.02. The first-order valence-corrected chi connectivity index (χ1v) is 9.57. The van der Waals surface area contributed by atoms with Gasteiger partial charge in [0, 0.05) is 38.2 Å². The fraction of sp³-hybridized carbons (Fsp3) is 0.333. The molecule has 0 aliphatic carbocycles. The number of piperidine rings is 1. The van der Waals surface area contributed by atoms with Crippen LogP contribution in [0.25, 0.3) is 5.52 Å². The van der Waals surface area contributed by atoms with Crippen molar-refractivity contribution < 1.29 is 9.59 Å². The van der Waals surface area contributed by atoms with Crippen LogP contribution in [0, 0.1) is 5.92 Å². The monoisotopic (exact) mass is 377 g/mol. The molecule has 0 unspecified atom stereocenters. The number of aromatic nitrogens is 3. The maximum atomic E-state index is 13.0. The standard InChI is InChI=1S/C21H23N5O2/c1-15-7-11-25(12-8-15)21(28)19-24-18(17-6-2-3-10-26(17)19)20(27)23-14-16-5-4-9-22-13-16/h2-6,9-10,13,15H,7-8,11-12,14H2,1H3,(H,23,27). The van der Waals surface area contributed by atoms with Crippen LogP contribution in [0.1, 0.15) is 46.4 Å². The molecule has 7 nitrogen and oxygen atoms in total. The molecule has 0 saturated carbocycles. The molecule has 1 saturated heterocycles. The molecule has 1 aliphatic heterocycles. The highest BCUT2D eigenvalue weighted by Gasteiger charge is 2.27. The Balaban J connectivity index is 1.59. The van der Waals surface area contributed by atoms with Crippen molar-refractivity contribution in [3.63, 3.8) is 0 Å². The summed E-state index contributed by atoms with van der Waals surface area (Å²) in [6.45, 7) is 4.01. The number of hydrogen-bond donors (Lipinski definition) is 1. The van der Waals surface area contributed by atoms with E-state index in [0.717, 1.165) is 31.5 Å². The molecule has 3 aromatic rings. The second kappa shape index (κ2) is 7.80. The van der Waals surface area contributed by atoms with E-state index in [4.69, 9.17) is 0 Å². The third-order valence-electron chi connectivity index (χ3n) is 5.20. The van der Waals surface area contributed by atoms with Gasteiger partial charge in [-0.3, -0.25) is 19.0 Å². The molecule has 0 aromatic carbocycles. The fourth-order valence-electron chi connectivity index (χ4n) is 3.48. The second-order valence-electron chi connectivity index (χ2n) is 7.26. The van der Waals surface area contributed by atoms with E-state index in [2.05, 4.69) is 22.2 Å². The van der Waals surface area contributed by atoms with Gasteiger partial charge in [-0.15, -0.1) is 0 Å². The highest BCUT2D eigenvalue weighted by Crippen LogP contribution is 2.20. The summed E-state index contributed by atoms with van der Waals surface area (Å²) in [4.78, 5) is 36.1. The highest BCUT2D eigenvalue weighted by atomic mass is 16.2. The molecule has 1 N–H and O–H groups in total. The lowest BCUT2D eigenvalue weighted by molar-refractivity contribution is 0.0684. The number of likely N-dealkylation sites (tertiary alicyclic amines) is 1. The zero-order valence-corrected chi connectivity index (χ0v) is 15.8. The van der Waals surface area contributed by atoms with E-state index in [1.165, 1.54) is 0 Å². The van der Waals surface area contributed by atoms with Crippen LogP contribution in [0.3, 0.4) is 0 Å². The quantitative estimate of drug-likeness (QED) is 0.758. The third-order valence-corrected chi connectivity index (χ3v) is 5.20. The van der Waals surface area contributed by atoms with Crippen LogP contribution in [0.15, 0.2) is 48.9 Å². The lowest BCUT2D eigenvalue weighted by atomic mass is 9.99. The van der Waals surface area contributed by atoms with Gasteiger partial charge >= 0.3 is 0 Å². The average molecular weight is 377 g/mol. The van der Waals surface area contributed by atoms with Gasteiger partial charge in [-0.05, 0) is 42.5 Å². The van der Waals surface area contributed by atoms with Gasteiger partial charge in [-0.1, -0.05) is 19.1 Å². The Morgan fingerprint density at radius 3 is 2.75 bits per heavy atom. The first kappa shape index (κ1) is 18.2. The number of rotatable bonds is 4. The topological polar surface area (TPSA) is 79.6 Å². The third kappa shape index (κ3) is 3.60. The molecule has 144 valence electrons. The molecule has 0 atom stereocenters. The summed E-state index contributed by atoms with van der Waals surface area (Å²) >= 11 is 0. The van der Waals surface area contributed by atoms with Crippen LogP contribution in [-0.2, 0) is 6.54 Å². The van der Waals surface area contributed by atoms with Crippen LogP contribution >= 0.6 is 0 Å². The maximum absolute atomic E-state index is 13.0. The summed E-state index contributed by atoms with van der Waals surface area (Å²) in [6, 6.07) is 9.20. The Kier molecular flexibility index (Phi) is 5.06. The van der Waals surface area contributed by atoms with Crippen molar-refractivity contribution in [1.82, 2.24) is 24.6 Å². The lowest BCUT2D eigenvalue weighted by Crippen LogP contribution is -2.38. The molecule has 0 bridgehead atoms. The summed E-state index contributed by atoms with van der Waals surface area (Å²) in [5.74, 6) is 0.491. The van der Waals surface area contributed by atoms with Crippen LogP contribution in [0.4, 0.5) is 0 Å². The first-order valence-electron chi connectivity index (χ1n) is 9.57. The SMILES string of the molecule is CC1CCN(C(=O)c2nc(C(=O)NCc3cccnc3)c3ccccn23)CC1. The van der Waals surface area contributed by atoms with E-state index in [0.29, 0.717) is 18.0 Å². The number of imidazole rings is 1. The number of nitrogens with one attached hydrogen (secondary N) is 1. The largest absolute Gasteiger partial charge is 0.346 e. The van der Waals surface area contributed by atoms with E-state index in [9.17, 15) is 9.59 Å². The maximum Gasteiger partial charge on any atom is 0.290 e. The van der Waals surface area contributed by atoms with Crippen LogP contribution in [0.5, 0.6) is 0 Å². The molecule has 3 aromatic heterocycles. The predicted molar refractivity (Wildman–Crippen MR) is 105 cm³/mol. The van der Waals surface area contributed by atoms with Crippen molar-refractivity contribution in [2.45, 2.75) is 26.3 Å². The minimum Gasteiger partial charge on any atom is -0.346 e. The Hall–Kier alpha value is -3.22. The zero-order chi connectivity index (χ0) is 19.5. The van der Waals surface area contributed by atoms with Crippen molar-refractivity contribution in [3.05, 3.63) is 66.0 Å². The second-order valence-corrected chi connectivity index (χ2v) is 7.26. The predicted octanol–water partition coefficient (Wildman–Crippen LogP) is 2.53. The molecule has 7 heteroatoms. The van der Waals surface area contributed by atoms with Gasteiger partial charge in [0.05, 0.1) is 5.52 Å². The summed E-state index contributed by atoms with van der Waals surface area (Å²) in [5.41, 5.74) is 1.79. The molecule has 28 heavy (non-hydrogen) atoms. The summed E-state index contributed by atoms with van der Waals surface area (Å²) in [6.07, 6.45) is 7.16. The summed E-state index contributed by atoms with van der Waals surface area (Å²) < 4.78 is 1.71. The molecule has 1 aliphatic rings. The van der Waals surface area contributed by atoms with Crippen molar-refractivity contribution in [3.8, 4) is 0 Å². The van der Waals surface area contributed by atoms with Crippen molar-refractivity contribution in [2.75, 3.05) is 13.1 Å². The molecule has 0 spiro atoms. The molecule has 4 rings (SSSR count). The van der Waals surface area contributed by atoms with Crippen molar-refractivity contribution in [2.24, 2.45) is 5.92 Å². The number of amides is 2. The molecule has 0 radical (unpaired) electrons. The fourth-order valence-corrected chi connectivity index (χ4v) is 3.48. The van der Waals surface area contributed by atoms with Gasteiger partial charge in [0.25, 0.3) is 11.8 Å². The van der Waals surface area contributed by atoms with Gasteiger partial charge < -0.3 is 10.2 Å². The Morgan fingerprint density at radius 2 is 2.00 bits per heavy atom. The van der Waals surface area contributed by atoms with Crippen LogP contribution < -0.4 is 5.32 Å². The molecule has 2 amide bonds. The van der Waals surface area contributed by atoms with Crippen LogP contribution in [-0.4, -0.2) is 44.2 Å². The minimum atomic E-state index is -0.307. The van der Waals surface area contributed by atoms with E-state index >= 15 is 0 Å². The minimum absolute atomic E-state index is 0.126. The lowest BCUT2D eigenvalue weighted by Gasteiger charge is -2.29. The van der Waals surface area contributed by atoms with Gasteiger partial charge in [0.15, 0.2) is 5.69 Å². The Morgan fingerprint density at radius 1 is 1.18 bits per heavy atom. The smallest absolute Gasteiger partial charge is 0.290 e. The van der Waals surface area contributed by atoms with Gasteiger partial charge in [0.1, 0.15) is 0 Å². The normalized spacial score (nSPS) is 15.0. The molecule has 1 fully saturated rings. The van der Waals surface area contributed by atoms with E-state index in [-0.39, 0.29) is 23.3 Å². The van der Waals surface area contributed by atoms with Gasteiger partial charge in [0.2, 0.25) is 5.82 Å². The summed E-state index contributed by atoms with van der Waals surface area (Å²) in [5, 5.41) is 2.87. The van der Waals surface area contributed by atoms with E-state index in [1.54, 1.807) is 29.1 Å². The van der Waals surface area contributed by atoms with Crippen molar-refractivity contribution in [1.29, 1.82) is 0 Å². The number of nitrogens with zero attached hydrogens (tertiary/aromatic N) is 4. The van der Waals surface area contributed by atoms with E-state index < -0.39 is 0 Å². The number of hydrogen-bond acceptors (Lipinski definition) is 4. The number of carbonyl (C=O) groups excluding carboxylic acids is 2.